The van der Waals surface area contributed by atoms with Gasteiger partial charge in [-0.25, -0.2) is 4.39 Å². The molecular formula is C18H20FN3O2. The highest BCUT2D eigenvalue weighted by Crippen LogP contribution is 2.12. The second-order valence-electron chi connectivity index (χ2n) is 5.76. The van der Waals surface area contributed by atoms with Gasteiger partial charge in [0.05, 0.1) is 0 Å². The number of carbonyl (C=O) groups is 1. The van der Waals surface area contributed by atoms with Crippen molar-refractivity contribution in [1.82, 2.24) is 14.8 Å². The third-order valence-corrected chi connectivity index (χ3v) is 4.03. The minimum Gasteiger partial charge on any atom is -0.484 e. The van der Waals surface area contributed by atoms with Crippen LogP contribution in [0.3, 0.4) is 0 Å². The Kier molecular flexibility index (Phi) is 5.38. The molecule has 1 aromatic carbocycles. The Morgan fingerprint density at radius 3 is 2.54 bits per heavy atom. The third-order valence-electron chi connectivity index (χ3n) is 4.03. The second-order valence-corrected chi connectivity index (χ2v) is 5.76. The van der Waals surface area contributed by atoms with Crippen molar-refractivity contribution in [1.29, 1.82) is 0 Å². The summed E-state index contributed by atoms with van der Waals surface area (Å²) in [4.78, 5) is 20.4. The molecule has 0 bridgehead atoms. The summed E-state index contributed by atoms with van der Waals surface area (Å²) < 4.78 is 18.2. The van der Waals surface area contributed by atoms with Gasteiger partial charge in [0.25, 0.3) is 5.91 Å². The lowest BCUT2D eigenvalue weighted by Crippen LogP contribution is -2.49. The molecule has 0 aliphatic carbocycles. The van der Waals surface area contributed by atoms with Gasteiger partial charge in [-0.3, -0.25) is 14.7 Å². The van der Waals surface area contributed by atoms with E-state index in [0.717, 1.165) is 19.6 Å². The summed E-state index contributed by atoms with van der Waals surface area (Å²) in [6.45, 7) is 3.86. The number of pyridine rings is 1. The number of nitrogens with zero attached hydrogens (tertiary/aromatic N) is 3. The lowest BCUT2D eigenvalue weighted by molar-refractivity contribution is -0.135. The molecule has 3 rings (SSSR count). The Bertz CT molecular complexity index is 656. The van der Waals surface area contributed by atoms with Crippen LogP contribution in [0.1, 0.15) is 5.56 Å². The zero-order valence-electron chi connectivity index (χ0n) is 13.4. The number of halogens is 1. The van der Waals surface area contributed by atoms with Crippen molar-refractivity contribution in [3.8, 4) is 5.75 Å². The molecule has 5 nitrogen and oxygen atoms in total. The number of carbonyl (C=O) groups excluding carboxylic acids is 1. The molecular weight excluding hydrogens is 309 g/mol. The summed E-state index contributed by atoms with van der Waals surface area (Å²) in [6.07, 6.45) is 3.63. The van der Waals surface area contributed by atoms with Crippen LogP contribution in [0.5, 0.6) is 5.75 Å². The monoisotopic (exact) mass is 329 g/mol. The average molecular weight is 329 g/mol. The second kappa shape index (κ2) is 7.88. The van der Waals surface area contributed by atoms with Crippen LogP contribution < -0.4 is 4.74 Å². The Labute approximate surface area is 140 Å². The van der Waals surface area contributed by atoms with E-state index in [1.807, 2.05) is 17.2 Å². The third kappa shape index (κ3) is 4.52. The summed E-state index contributed by atoms with van der Waals surface area (Å²) in [5, 5.41) is 0. The molecule has 24 heavy (non-hydrogen) atoms. The summed E-state index contributed by atoms with van der Waals surface area (Å²) >= 11 is 0. The zero-order chi connectivity index (χ0) is 16.8. The van der Waals surface area contributed by atoms with Gasteiger partial charge in [-0.05, 0) is 35.9 Å². The fourth-order valence-corrected chi connectivity index (χ4v) is 2.67. The van der Waals surface area contributed by atoms with Crippen molar-refractivity contribution >= 4 is 5.91 Å². The number of benzene rings is 1. The number of amides is 1. The minimum absolute atomic E-state index is 0.0196. The van der Waals surface area contributed by atoms with E-state index in [1.165, 1.54) is 29.8 Å². The van der Waals surface area contributed by atoms with E-state index in [9.17, 15) is 9.18 Å². The van der Waals surface area contributed by atoms with Gasteiger partial charge in [0, 0.05) is 45.1 Å². The number of ether oxygens (including phenoxy) is 1. The SMILES string of the molecule is O=C(COc1ccc(F)cc1)N1CCN(Cc2cccnc2)CC1. The molecule has 1 aromatic heterocycles. The molecule has 0 unspecified atom stereocenters. The van der Waals surface area contributed by atoms with Crippen LogP contribution >= 0.6 is 0 Å². The highest BCUT2D eigenvalue weighted by Gasteiger charge is 2.21. The molecule has 0 radical (unpaired) electrons. The topological polar surface area (TPSA) is 45.7 Å². The maximum Gasteiger partial charge on any atom is 0.260 e. The Morgan fingerprint density at radius 1 is 1.12 bits per heavy atom. The summed E-state index contributed by atoms with van der Waals surface area (Å²) in [6, 6.07) is 9.67. The van der Waals surface area contributed by atoms with Gasteiger partial charge in [-0.2, -0.15) is 0 Å². The first kappa shape index (κ1) is 16.4. The Hall–Kier alpha value is -2.47. The van der Waals surface area contributed by atoms with Crippen molar-refractivity contribution < 1.29 is 13.9 Å². The van der Waals surface area contributed by atoms with Gasteiger partial charge in [0.1, 0.15) is 11.6 Å². The molecule has 126 valence electrons. The molecule has 6 heteroatoms. The number of hydrogen-bond acceptors (Lipinski definition) is 4. The molecule has 1 aliphatic heterocycles. The Morgan fingerprint density at radius 2 is 1.88 bits per heavy atom. The van der Waals surface area contributed by atoms with Gasteiger partial charge in [0.2, 0.25) is 0 Å². The minimum atomic E-state index is -0.321. The first-order chi connectivity index (χ1) is 11.7. The number of aromatic nitrogens is 1. The van der Waals surface area contributed by atoms with Crippen molar-refractivity contribution in [2.45, 2.75) is 6.54 Å². The molecule has 0 atom stereocenters. The highest BCUT2D eigenvalue weighted by molar-refractivity contribution is 5.77. The van der Waals surface area contributed by atoms with Crippen LogP contribution in [0.15, 0.2) is 48.8 Å². The van der Waals surface area contributed by atoms with Crippen LogP contribution in [0.4, 0.5) is 4.39 Å². The maximum absolute atomic E-state index is 12.8. The largest absolute Gasteiger partial charge is 0.484 e. The van der Waals surface area contributed by atoms with E-state index >= 15 is 0 Å². The normalized spacial score (nSPS) is 15.3. The van der Waals surface area contributed by atoms with Crippen LogP contribution in [0.2, 0.25) is 0 Å². The number of hydrogen-bond donors (Lipinski definition) is 0. The quantitative estimate of drug-likeness (QED) is 0.841. The predicted octanol–water partition coefficient (Wildman–Crippen LogP) is 1.94. The predicted molar refractivity (Wildman–Crippen MR) is 88.0 cm³/mol. The van der Waals surface area contributed by atoms with Crippen molar-refractivity contribution in [3.05, 3.63) is 60.2 Å². The van der Waals surface area contributed by atoms with Crippen LogP contribution in [-0.4, -0.2) is 53.5 Å². The fourth-order valence-electron chi connectivity index (χ4n) is 2.67. The van der Waals surface area contributed by atoms with Crippen LogP contribution in [0.25, 0.3) is 0 Å². The molecule has 0 N–H and O–H groups in total. The van der Waals surface area contributed by atoms with Gasteiger partial charge >= 0.3 is 0 Å². The summed E-state index contributed by atoms with van der Waals surface area (Å²) in [5.74, 6) is 0.138. The van der Waals surface area contributed by atoms with E-state index in [1.54, 1.807) is 6.20 Å². The first-order valence-electron chi connectivity index (χ1n) is 7.98. The van der Waals surface area contributed by atoms with Gasteiger partial charge in [-0.15, -0.1) is 0 Å². The fraction of sp³-hybridized carbons (Fsp3) is 0.333. The zero-order valence-corrected chi connectivity index (χ0v) is 13.4. The van der Waals surface area contributed by atoms with Crippen molar-refractivity contribution in [2.75, 3.05) is 32.8 Å². The molecule has 1 aliphatic rings. The molecule has 2 heterocycles. The molecule has 0 saturated carbocycles. The van der Waals surface area contributed by atoms with Crippen molar-refractivity contribution in [3.63, 3.8) is 0 Å². The van der Waals surface area contributed by atoms with Crippen molar-refractivity contribution in [2.24, 2.45) is 0 Å². The summed E-state index contributed by atoms with van der Waals surface area (Å²) in [7, 11) is 0. The first-order valence-corrected chi connectivity index (χ1v) is 7.98. The highest BCUT2D eigenvalue weighted by atomic mass is 19.1. The van der Waals surface area contributed by atoms with Crippen LogP contribution in [-0.2, 0) is 11.3 Å². The maximum atomic E-state index is 12.8. The van der Waals surface area contributed by atoms with Crippen LogP contribution in [0, 0.1) is 5.82 Å². The molecule has 0 spiro atoms. The molecule has 1 fully saturated rings. The van der Waals surface area contributed by atoms with Gasteiger partial charge in [-0.1, -0.05) is 6.07 Å². The van der Waals surface area contributed by atoms with E-state index in [0.29, 0.717) is 18.8 Å². The standard InChI is InChI=1S/C18H20FN3O2/c19-16-3-5-17(6-4-16)24-14-18(23)22-10-8-21(9-11-22)13-15-2-1-7-20-12-15/h1-7,12H,8-11,13-14H2. The lowest BCUT2D eigenvalue weighted by atomic mass is 10.2. The van der Waals surface area contributed by atoms with E-state index < -0.39 is 0 Å². The smallest absolute Gasteiger partial charge is 0.260 e. The number of rotatable bonds is 5. The van der Waals surface area contributed by atoms with E-state index in [4.69, 9.17) is 4.74 Å². The summed E-state index contributed by atoms with van der Waals surface area (Å²) in [5.41, 5.74) is 1.18. The Balaban J connectivity index is 1.42. The average Bonchev–Trinajstić information content (AvgIpc) is 2.62. The molecule has 1 saturated heterocycles. The van der Waals surface area contributed by atoms with E-state index in [2.05, 4.69) is 16.0 Å². The molecule has 1 amide bonds. The lowest BCUT2D eigenvalue weighted by Gasteiger charge is -2.34. The van der Waals surface area contributed by atoms with E-state index in [-0.39, 0.29) is 18.3 Å². The van der Waals surface area contributed by atoms with Gasteiger partial charge in [0.15, 0.2) is 6.61 Å². The number of piperazine rings is 1. The molecule has 2 aromatic rings. The van der Waals surface area contributed by atoms with Gasteiger partial charge < -0.3 is 9.64 Å².